The van der Waals surface area contributed by atoms with E-state index in [-0.39, 0.29) is 5.56 Å². The normalized spacial score (nSPS) is 11.0. The van der Waals surface area contributed by atoms with Gasteiger partial charge in [-0.1, -0.05) is 41.9 Å². The zero-order chi connectivity index (χ0) is 22.1. The molecule has 0 amide bonds. The average molecular weight is 443 g/mol. The van der Waals surface area contributed by atoms with Crippen LogP contribution in [0.3, 0.4) is 0 Å². The second-order valence-corrected chi connectivity index (χ2v) is 7.80. The summed E-state index contributed by atoms with van der Waals surface area (Å²) in [5.41, 5.74) is 10.5. The lowest BCUT2D eigenvalue weighted by Crippen LogP contribution is -2.19. The number of rotatable bonds is 5. The number of hydrogen-bond acceptors (Lipinski definition) is 5. The summed E-state index contributed by atoms with van der Waals surface area (Å²) in [6, 6.07) is 18.6. The van der Waals surface area contributed by atoms with E-state index in [1.807, 2.05) is 54.7 Å². The van der Waals surface area contributed by atoms with E-state index in [0.29, 0.717) is 34.6 Å². The summed E-state index contributed by atoms with van der Waals surface area (Å²) in [5.74, 6) is 0.382. The highest BCUT2D eigenvalue weighted by molar-refractivity contribution is 6.33. The van der Waals surface area contributed by atoms with Gasteiger partial charge in [-0.25, -0.2) is 9.97 Å². The molecule has 0 fully saturated rings. The van der Waals surface area contributed by atoms with Crippen LogP contribution < -0.4 is 16.6 Å². The highest BCUT2D eigenvalue weighted by atomic mass is 35.5. The van der Waals surface area contributed by atoms with Crippen molar-refractivity contribution in [3.05, 3.63) is 100 Å². The Morgan fingerprint density at radius 2 is 1.88 bits per heavy atom. The van der Waals surface area contributed by atoms with Crippen molar-refractivity contribution in [3.8, 4) is 11.3 Å². The van der Waals surface area contributed by atoms with Gasteiger partial charge < -0.3 is 20.6 Å². The van der Waals surface area contributed by atoms with Gasteiger partial charge in [0.25, 0.3) is 5.56 Å². The number of nitrogens with zero attached hydrogens (tertiary/aromatic N) is 3. The molecule has 3 aromatic heterocycles. The van der Waals surface area contributed by atoms with Gasteiger partial charge in [0.1, 0.15) is 0 Å². The summed E-state index contributed by atoms with van der Waals surface area (Å²) in [6.07, 6.45) is 5.19. The molecule has 5 rings (SSSR count). The number of pyridine rings is 1. The van der Waals surface area contributed by atoms with E-state index in [2.05, 4.69) is 20.3 Å². The number of halogens is 1. The minimum Gasteiger partial charge on any atom is -0.399 e. The van der Waals surface area contributed by atoms with E-state index in [1.165, 1.54) is 6.07 Å². The molecule has 0 radical (unpaired) electrons. The molecule has 0 spiro atoms. The van der Waals surface area contributed by atoms with Crippen LogP contribution in [0.4, 0.5) is 17.3 Å². The van der Waals surface area contributed by atoms with Crippen molar-refractivity contribution in [2.24, 2.45) is 0 Å². The van der Waals surface area contributed by atoms with Gasteiger partial charge in [-0.2, -0.15) is 0 Å². The minimum atomic E-state index is -0.108. The van der Waals surface area contributed by atoms with Crippen LogP contribution in [0.15, 0.2) is 84.0 Å². The molecule has 0 saturated heterocycles. The molecule has 2 aromatic carbocycles. The van der Waals surface area contributed by atoms with Crippen LogP contribution in [-0.4, -0.2) is 19.5 Å². The van der Waals surface area contributed by atoms with Gasteiger partial charge in [0.15, 0.2) is 0 Å². The van der Waals surface area contributed by atoms with Gasteiger partial charge in [-0.15, -0.1) is 0 Å². The lowest BCUT2D eigenvalue weighted by Gasteiger charge is -2.11. The third kappa shape index (κ3) is 3.93. The SMILES string of the molecule is Nc1ccc(Cn2cc(Nc3ncc(Cl)c(-c4c[nH]c5ccccc45)n3)ccc2=O)cc1. The molecule has 0 aliphatic rings. The first kappa shape index (κ1) is 19.8. The van der Waals surface area contributed by atoms with E-state index in [1.54, 1.807) is 23.0 Å². The van der Waals surface area contributed by atoms with Crippen molar-refractivity contribution in [2.75, 3.05) is 11.1 Å². The number of benzene rings is 2. The van der Waals surface area contributed by atoms with Gasteiger partial charge in [0.2, 0.25) is 5.95 Å². The van der Waals surface area contributed by atoms with Crippen molar-refractivity contribution >= 4 is 39.8 Å². The number of aromatic amines is 1. The molecule has 5 aromatic rings. The number of H-pyrrole nitrogens is 1. The number of nitrogens with two attached hydrogens (primary N) is 1. The maximum atomic E-state index is 12.3. The molecule has 3 heterocycles. The molecule has 0 atom stereocenters. The van der Waals surface area contributed by atoms with E-state index in [4.69, 9.17) is 17.3 Å². The summed E-state index contributed by atoms with van der Waals surface area (Å²) >= 11 is 6.42. The van der Waals surface area contributed by atoms with E-state index in [9.17, 15) is 4.79 Å². The summed E-state index contributed by atoms with van der Waals surface area (Å²) in [4.78, 5) is 24.5. The van der Waals surface area contributed by atoms with Gasteiger partial charge in [-0.3, -0.25) is 4.79 Å². The van der Waals surface area contributed by atoms with Gasteiger partial charge in [0, 0.05) is 40.6 Å². The highest BCUT2D eigenvalue weighted by Gasteiger charge is 2.13. The van der Waals surface area contributed by atoms with Crippen molar-refractivity contribution in [1.29, 1.82) is 0 Å². The number of nitrogen functional groups attached to an aromatic ring is 1. The molecule has 0 aliphatic carbocycles. The fourth-order valence-corrected chi connectivity index (χ4v) is 3.75. The van der Waals surface area contributed by atoms with Gasteiger partial charge in [-0.05, 0) is 29.8 Å². The molecule has 0 bridgehead atoms. The van der Waals surface area contributed by atoms with Crippen molar-refractivity contribution in [1.82, 2.24) is 19.5 Å². The molecule has 7 nitrogen and oxygen atoms in total. The first-order chi connectivity index (χ1) is 15.6. The third-order valence-electron chi connectivity index (χ3n) is 5.16. The molecular weight excluding hydrogens is 424 g/mol. The molecule has 0 aliphatic heterocycles. The van der Waals surface area contributed by atoms with Crippen LogP contribution in [0.5, 0.6) is 0 Å². The summed E-state index contributed by atoms with van der Waals surface area (Å²) in [6.45, 7) is 0.427. The Labute approximate surface area is 188 Å². The molecule has 8 heteroatoms. The first-order valence-electron chi connectivity index (χ1n) is 9.98. The predicted octanol–water partition coefficient (Wildman–Crippen LogP) is 4.81. The lowest BCUT2D eigenvalue weighted by atomic mass is 10.1. The van der Waals surface area contributed by atoms with E-state index < -0.39 is 0 Å². The number of fused-ring (bicyclic) bond motifs is 1. The van der Waals surface area contributed by atoms with Crippen LogP contribution in [0.25, 0.3) is 22.2 Å². The molecule has 0 saturated carbocycles. The fourth-order valence-electron chi connectivity index (χ4n) is 3.56. The minimum absolute atomic E-state index is 0.108. The number of para-hydroxylation sites is 1. The van der Waals surface area contributed by atoms with Crippen LogP contribution in [0, 0.1) is 0 Å². The van der Waals surface area contributed by atoms with Crippen molar-refractivity contribution in [2.45, 2.75) is 6.54 Å². The highest BCUT2D eigenvalue weighted by Crippen LogP contribution is 2.32. The second kappa shape index (κ2) is 8.20. The van der Waals surface area contributed by atoms with Crippen LogP contribution >= 0.6 is 11.6 Å². The van der Waals surface area contributed by atoms with Crippen molar-refractivity contribution in [3.63, 3.8) is 0 Å². The quantitative estimate of drug-likeness (QED) is 0.339. The van der Waals surface area contributed by atoms with Crippen LogP contribution in [-0.2, 0) is 6.54 Å². The maximum Gasteiger partial charge on any atom is 0.250 e. The molecule has 32 heavy (non-hydrogen) atoms. The Morgan fingerprint density at radius 3 is 2.72 bits per heavy atom. The number of nitrogens with one attached hydrogen (secondary N) is 2. The monoisotopic (exact) mass is 442 g/mol. The largest absolute Gasteiger partial charge is 0.399 e. The molecule has 158 valence electrons. The molecule has 0 unspecified atom stereocenters. The van der Waals surface area contributed by atoms with Crippen LogP contribution in [0.1, 0.15) is 5.56 Å². The van der Waals surface area contributed by atoms with Gasteiger partial charge >= 0.3 is 0 Å². The van der Waals surface area contributed by atoms with Gasteiger partial charge in [0.05, 0.1) is 29.1 Å². The number of anilines is 3. The van der Waals surface area contributed by atoms with Crippen LogP contribution in [0.2, 0.25) is 5.02 Å². The fraction of sp³-hybridized carbons (Fsp3) is 0.0417. The standard InChI is InChI=1S/C24H19ClN6O/c25-20-12-28-24(30-23(20)19-11-27-21-4-2-1-3-18(19)21)29-17-9-10-22(32)31(14-17)13-15-5-7-16(26)8-6-15/h1-12,14,27H,13,26H2,(H,28,29,30). The average Bonchev–Trinajstić information content (AvgIpc) is 3.23. The Hall–Kier alpha value is -4.10. The predicted molar refractivity (Wildman–Crippen MR) is 128 cm³/mol. The smallest absolute Gasteiger partial charge is 0.250 e. The molecule has 4 N–H and O–H groups in total. The van der Waals surface area contributed by atoms with E-state index in [0.717, 1.165) is 22.0 Å². The lowest BCUT2D eigenvalue weighted by molar-refractivity contribution is 0.761. The Kier molecular flexibility index (Phi) is 5.09. The third-order valence-corrected chi connectivity index (χ3v) is 5.44. The Balaban J connectivity index is 1.45. The first-order valence-corrected chi connectivity index (χ1v) is 10.4. The number of hydrogen-bond donors (Lipinski definition) is 3. The zero-order valence-electron chi connectivity index (χ0n) is 16.9. The zero-order valence-corrected chi connectivity index (χ0v) is 17.7. The Morgan fingerprint density at radius 1 is 1.06 bits per heavy atom. The molecular formula is C24H19ClN6O. The number of aromatic nitrogens is 4. The van der Waals surface area contributed by atoms with Crippen molar-refractivity contribution < 1.29 is 0 Å². The maximum absolute atomic E-state index is 12.3. The topological polar surface area (TPSA) is 102 Å². The Bertz CT molecular complexity index is 1470. The summed E-state index contributed by atoms with van der Waals surface area (Å²) in [5, 5.41) is 4.65. The van der Waals surface area contributed by atoms with E-state index >= 15 is 0 Å². The summed E-state index contributed by atoms with van der Waals surface area (Å²) < 4.78 is 1.62. The second-order valence-electron chi connectivity index (χ2n) is 7.39. The summed E-state index contributed by atoms with van der Waals surface area (Å²) in [7, 11) is 0.